The summed E-state index contributed by atoms with van der Waals surface area (Å²) in [5.41, 5.74) is 4.38. The highest BCUT2D eigenvalue weighted by atomic mass is 19.4. The molecule has 0 spiro atoms. The summed E-state index contributed by atoms with van der Waals surface area (Å²) in [6, 6.07) is 2.07. The van der Waals surface area contributed by atoms with Gasteiger partial charge in [-0.05, 0) is 18.1 Å². The first-order valence-corrected chi connectivity index (χ1v) is 6.76. The number of amides is 2. The van der Waals surface area contributed by atoms with E-state index in [0.717, 1.165) is 12.5 Å². The van der Waals surface area contributed by atoms with Crippen LogP contribution in [0.25, 0.3) is 0 Å². The second kappa shape index (κ2) is 7.24. The van der Waals surface area contributed by atoms with Crippen molar-refractivity contribution in [2.75, 3.05) is 6.54 Å². The van der Waals surface area contributed by atoms with Crippen LogP contribution in [0.5, 0.6) is 0 Å². The molecular formula is C14H18F3N3O2. The van der Waals surface area contributed by atoms with Crippen molar-refractivity contribution in [2.45, 2.75) is 33.0 Å². The quantitative estimate of drug-likeness (QED) is 0.843. The Morgan fingerprint density at radius 3 is 2.41 bits per heavy atom. The third-order valence-corrected chi connectivity index (χ3v) is 3.23. The summed E-state index contributed by atoms with van der Waals surface area (Å²) in [5, 5.41) is 0. The van der Waals surface area contributed by atoms with Gasteiger partial charge in [0.25, 0.3) is 0 Å². The number of primary amides is 1. The second-order valence-corrected chi connectivity index (χ2v) is 5.10. The lowest BCUT2D eigenvalue weighted by atomic mass is 10.1. The molecule has 0 aromatic carbocycles. The molecular weight excluding hydrogens is 299 g/mol. The highest BCUT2D eigenvalue weighted by Gasteiger charge is 2.30. The van der Waals surface area contributed by atoms with E-state index in [1.165, 1.54) is 11.0 Å². The van der Waals surface area contributed by atoms with Gasteiger partial charge in [-0.3, -0.25) is 14.6 Å². The number of aromatic nitrogens is 1. The fourth-order valence-electron chi connectivity index (χ4n) is 1.76. The smallest absolute Gasteiger partial charge is 0.361 e. The Bertz CT molecular complexity index is 529. The van der Waals surface area contributed by atoms with Crippen LogP contribution in [-0.2, 0) is 22.3 Å². The van der Waals surface area contributed by atoms with E-state index in [0.29, 0.717) is 6.20 Å². The number of pyridine rings is 1. The largest absolute Gasteiger partial charge is 0.417 e. The lowest BCUT2D eigenvalue weighted by Gasteiger charge is -2.24. The molecule has 8 heteroatoms. The van der Waals surface area contributed by atoms with Gasteiger partial charge in [-0.1, -0.05) is 20.3 Å². The Balaban J connectivity index is 2.89. The predicted octanol–water partition coefficient (Wildman–Crippen LogP) is 1.96. The number of hydrogen-bond donors (Lipinski definition) is 1. The van der Waals surface area contributed by atoms with Crippen LogP contribution in [0, 0.1) is 5.92 Å². The van der Waals surface area contributed by atoms with Gasteiger partial charge in [0.05, 0.1) is 17.8 Å². The van der Waals surface area contributed by atoms with Crippen molar-refractivity contribution in [3.63, 3.8) is 0 Å². The molecule has 0 saturated heterocycles. The zero-order valence-corrected chi connectivity index (χ0v) is 12.4. The van der Waals surface area contributed by atoms with Crippen LogP contribution in [0.15, 0.2) is 18.3 Å². The molecule has 0 radical (unpaired) electrons. The molecule has 0 unspecified atom stereocenters. The molecule has 2 amide bonds. The number of nitrogens with two attached hydrogens (primary N) is 1. The number of halogens is 3. The van der Waals surface area contributed by atoms with E-state index in [4.69, 9.17) is 5.73 Å². The van der Waals surface area contributed by atoms with E-state index in [-0.39, 0.29) is 24.7 Å². The lowest BCUT2D eigenvalue weighted by Crippen LogP contribution is -2.42. The van der Waals surface area contributed by atoms with E-state index in [1.807, 2.05) is 13.8 Å². The zero-order chi connectivity index (χ0) is 16.9. The summed E-state index contributed by atoms with van der Waals surface area (Å²) in [7, 11) is 0. The minimum atomic E-state index is -4.47. The van der Waals surface area contributed by atoms with Crippen molar-refractivity contribution < 1.29 is 22.8 Å². The summed E-state index contributed by atoms with van der Waals surface area (Å²) in [5.74, 6) is -1.85. The summed E-state index contributed by atoms with van der Waals surface area (Å²) >= 11 is 0. The number of alkyl halides is 3. The SMILES string of the molecule is CC[C@H](C)CN(Cc1ccc(C(F)(F)F)cn1)C(=O)C(N)=O. The summed E-state index contributed by atoms with van der Waals surface area (Å²) in [6.07, 6.45) is -2.99. The van der Waals surface area contributed by atoms with Crippen LogP contribution < -0.4 is 5.73 Å². The molecule has 5 nitrogen and oxygen atoms in total. The standard InChI is InChI=1S/C14H18F3N3O2/c1-3-9(2)7-20(13(22)12(18)21)8-11-5-4-10(6-19-11)14(15,16)17/h4-6,9H,3,7-8H2,1-2H3,(H2,18,21)/t9-/m0/s1. The summed E-state index contributed by atoms with van der Waals surface area (Å²) in [4.78, 5) is 27.7. The molecule has 1 aromatic rings. The highest BCUT2D eigenvalue weighted by Crippen LogP contribution is 2.28. The Labute approximate surface area is 126 Å². The number of carbonyl (C=O) groups excluding carboxylic acids is 2. The average molecular weight is 317 g/mol. The van der Waals surface area contributed by atoms with Crippen LogP contribution >= 0.6 is 0 Å². The van der Waals surface area contributed by atoms with Crippen molar-refractivity contribution in [1.29, 1.82) is 0 Å². The minimum absolute atomic E-state index is 0.0652. The van der Waals surface area contributed by atoms with Crippen LogP contribution in [0.3, 0.4) is 0 Å². The minimum Gasteiger partial charge on any atom is -0.361 e. The average Bonchev–Trinajstić information content (AvgIpc) is 2.45. The maximum Gasteiger partial charge on any atom is 0.417 e. The van der Waals surface area contributed by atoms with Crippen molar-refractivity contribution in [1.82, 2.24) is 9.88 Å². The second-order valence-electron chi connectivity index (χ2n) is 5.10. The Morgan fingerprint density at radius 2 is 2.00 bits per heavy atom. The Kier molecular flexibility index (Phi) is 5.90. The molecule has 0 fully saturated rings. The fourth-order valence-corrected chi connectivity index (χ4v) is 1.76. The topological polar surface area (TPSA) is 76.3 Å². The first-order valence-electron chi connectivity index (χ1n) is 6.76. The van der Waals surface area contributed by atoms with Gasteiger partial charge in [0, 0.05) is 12.7 Å². The lowest BCUT2D eigenvalue weighted by molar-refractivity contribution is -0.145. The molecule has 0 aliphatic heterocycles. The number of carbonyl (C=O) groups is 2. The van der Waals surface area contributed by atoms with E-state index in [9.17, 15) is 22.8 Å². The van der Waals surface area contributed by atoms with Gasteiger partial charge in [-0.2, -0.15) is 13.2 Å². The molecule has 1 rings (SSSR count). The van der Waals surface area contributed by atoms with Gasteiger partial charge in [0.1, 0.15) is 0 Å². The molecule has 0 aliphatic carbocycles. The van der Waals surface area contributed by atoms with Crippen LogP contribution in [-0.4, -0.2) is 28.2 Å². The van der Waals surface area contributed by atoms with Gasteiger partial charge in [0.2, 0.25) is 0 Å². The molecule has 0 aliphatic rings. The summed E-state index contributed by atoms with van der Waals surface area (Å²) < 4.78 is 37.4. The molecule has 122 valence electrons. The van der Waals surface area contributed by atoms with E-state index in [2.05, 4.69) is 4.98 Å². The van der Waals surface area contributed by atoms with Gasteiger partial charge < -0.3 is 10.6 Å². The molecule has 1 atom stereocenters. The highest BCUT2D eigenvalue weighted by molar-refractivity contribution is 6.34. The number of hydrogen-bond acceptors (Lipinski definition) is 3. The van der Waals surface area contributed by atoms with E-state index >= 15 is 0 Å². The molecule has 2 N–H and O–H groups in total. The van der Waals surface area contributed by atoms with E-state index in [1.54, 1.807) is 0 Å². The third kappa shape index (κ3) is 5.01. The first kappa shape index (κ1) is 17.9. The zero-order valence-electron chi connectivity index (χ0n) is 12.4. The molecule has 22 heavy (non-hydrogen) atoms. The van der Waals surface area contributed by atoms with Crippen LogP contribution in [0.2, 0.25) is 0 Å². The van der Waals surface area contributed by atoms with Crippen molar-refractivity contribution in [2.24, 2.45) is 11.7 Å². The maximum atomic E-state index is 12.5. The fraction of sp³-hybridized carbons (Fsp3) is 0.500. The predicted molar refractivity (Wildman–Crippen MR) is 73.3 cm³/mol. The molecule has 1 aromatic heterocycles. The monoisotopic (exact) mass is 317 g/mol. The molecule has 0 saturated carbocycles. The van der Waals surface area contributed by atoms with Gasteiger partial charge in [-0.15, -0.1) is 0 Å². The number of rotatable bonds is 5. The maximum absolute atomic E-state index is 12.5. The normalized spacial score (nSPS) is 12.8. The Hall–Kier alpha value is -2.12. The number of nitrogens with zero attached hydrogens (tertiary/aromatic N) is 2. The van der Waals surface area contributed by atoms with Crippen molar-refractivity contribution in [3.8, 4) is 0 Å². The van der Waals surface area contributed by atoms with Gasteiger partial charge >= 0.3 is 18.0 Å². The summed E-state index contributed by atoms with van der Waals surface area (Å²) in [6.45, 7) is 4.03. The van der Waals surface area contributed by atoms with E-state index < -0.39 is 23.6 Å². The molecule has 1 heterocycles. The van der Waals surface area contributed by atoms with Crippen LogP contribution in [0.1, 0.15) is 31.5 Å². The molecule has 0 bridgehead atoms. The van der Waals surface area contributed by atoms with Crippen molar-refractivity contribution in [3.05, 3.63) is 29.6 Å². The van der Waals surface area contributed by atoms with Gasteiger partial charge in [-0.25, -0.2) is 0 Å². The van der Waals surface area contributed by atoms with Crippen LogP contribution in [0.4, 0.5) is 13.2 Å². The first-order chi connectivity index (χ1) is 10.1. The third-order valence-electron chi connectivity index (χ3n) is 3.23. The van der Waals surface area contributed by atoms with Crippen molar-refractivity contribution >= 4 is 11.8 Å². The van der Waals surface area contributed by atoms with Gasteiger partial charge in [0.15, 0.2) is 0 Å². The Morgan fingerprint density at radius 1 is 1.36 bits per heavy atom.